The van der Waals surface area contributed by atoms with Crippen LogP contribution in [0, 0.1) is 22.0 Å². The van der Waals surface area contributed by atoms with Crippen LogP contribution in [0.4, 0.5) is 5.69 Å². The van der Waals surface area contributed by atoms with Gasteiger partial charge in [0.1, 0.15) is 12.1 Å². The predicted octanol–water partition coefficient (Wildman–Crippen LogP) is 2.79. The average molecular weight is 649 g/mol. The van der Waals surface area contributed by atoms with Crippen LogP contribution in [-0.4, -0.2) is 70.3 Å². The standard InChI is InChI=1S/C32H52N6O8/c1-7-10-26(36-32(44)29(21(5)8-2)37-27(39)11-9-12-28(40)41)31(43)35-24(17-20(3)4)19-33-22(6)30(42)34-18-23-13-15-25(16-14-23)38(45)46/h13-16,20-22,24,26,29,33H,7-12,17-19H2,1-6H3,(H,34,42)(H,35,43)(H,36,44)(H,37,39)(H,40,41)/t21-,22-,24-,26-,29-/m0/s1. The number of carbonyl (C=O) groups excluding carboxylic acids is 4. The molecule has 46 heavy (non-hydrogen) atoms. The Bertz CT molecular complexity index is 1160. The first-order valence-corrected chi connectivity index (χ1v) is 16.0. The first-order valence-electron chi connectivity index (χ1n) is 16.0. The molecule has 1 aromatic carbocycles. The van der Waals surface area contributed by atoms with E-state index in [2.05, 4.69) is 26.6 Å². The van der Waals surface area contributed by atoms with Gasteiger partial charge in [-0.15, -0.1) is 0 Å². The molecule has 4 amide bonds. The molecule has 1 rings (SSSR count). The van der Waals surface area contributed by atoms with Gasteiger partial charge in [-0.3, -0.25) is 34.1 Å². The number of benzene rings is 1. The zero-order valence-electron chi connectivity index (χ0n) is 27.9. The molecule has 6 N–H and O–H groups in total. The summed E-state index contributed by atoms with van der Waals surface area (Å²) in [6.07, 6.45) is 2.19. The summed E-state index contributed by atoms with van der Waals surface area (Å²) in [5.74, 6) is -2.54. The number of aliphatic carboxylic acids is 1. The zero-order chi connectivity index (χ0) is 34.8. The van der Waals surface area contributed by atoms with E-state index < -0.39 is 40.8 Å². The zero-order valence-corrected chi connectivity index (χ0v) is 27.9. The molecule has 0 aliphatic rings. The van der Waals surface area contributed by atoms with Crippen LogP contribution in [0.25, 0.3) is 0 Å². The van der Waals surface area contributed by atoms with Crippen LogP contribution in [0.1, 0.15) is 92.1 Å². The number of rotatable bonds is 22. The van der Waals surface area contributed by atoms with E-state index in [0.717, 1.165) is 0 Å². The third-order valence-corrected chi connectivity index (χ3v) is 7.60. The van der Waals surface area contributed by atoms with E-state index in [1.165, 1.54) is 12.1 Å². The maximum atomic E-state index is 13.4. The number of nitro benzene ring substituents is 1. The summed E-state index contributed by atoms with van der Waals surface area (Å²) >= 11 is 0. The van der Waals surface area contributed by atoms with Crippen molar-refractivity contribution < 1.29 is 34.0 Å². The molecule has 0 saturated carbocycles. The highest BCUT2D eigenvalue weighted by molar-refractivity contribution is 5.92. The Kier molecular flexibility index (Phi) is 18.1. The van der Waals surface area contributed by atoms with Crippen molar-refractivity contribution in [1.82, 2.24) is 26.6 Å². The fraction of sp³-hybridized carbons (Fsp3) is 0.656. The number of carboxylic acids is 1. The molecule has 0 bridgehead atoms. The molecule has 1 aromatic rings. The number of nitro groups is 1. The summed E-state index contributed by atoms with van der Waals surface area (Å²) < 4.78 is 0. The van der Waals surface area contributed by atoms with Crippen LogP contribution in [0.15, 0.2) is 24.3 Å². The Balaban J connectivity index is 2.82. The van der Waals surface area contributed by atoms with E-state index in [-0.39, 0.29) is 61.2 Å². The van der Waals surface area contributed by atoms with Gasteiger partial charge in [0.2, 0.25) is 23.6 Å². The van der Waals surface area contributed by atoms with Crippen LogP contribution < -0.4 is 26.6 Å². The van der Waals surface area contributed by atoms with Crippen LogP contribution in [-0.2, 0) is 30.5 Å². The maximum absolute atomic E-state index is 13.4. The SMILES string of the molecule is CCC[C@H](NC(=O)[C@@H](NC(=O)CCCC(=O)O)[C@@H](C)CC)C(=O)N[C@H](CN[C@@H](C)C(=O)NCc1ccc([N+](=O)[O-])cc1)CC(C)C. The minimum atomic E-state index is -0.999. The molecule has 14 heteroatoms. The highest BCUT2D eigenvalue weighted by Gasteiger charge is 2.30. The lowest BCUT2D eigenvalue weighted by Gasteiger charge is -2.28. The van der Waals surface area contributed by atoms with Gasteiger partial charge in [0, 0.05) is 44.1 Å². The quantitative estimate of drug-likeness (QED) is 0.0805. The van der Waals surface area contributed by atoms with Gasteiger partial charge in [-0.25, -0.2) is 0 Å². The summed E-state index contributed by atoms with van der Waals surface area (Å²) in [6, 6.07) is 3.26. The van der Waals surface area contributed by atoms with Gasteiger partial charge in [0.15, 0.2) is 0 Å². The average Bonchev–Trinajstić information content (AvgIpc) is 3.00. The number of nitrogens with zero attached hydrogens (tertiary/aromatic N) is 1. The highest BCUT2D eigenvalue weighted by atomic mass is 16.6. The minimum Gasteiger partial charge on any atom is -0.481 e. The summed E-state index contributed by atoms with van der Waals surface area (Å²) in [7, 11) is 0. The molecule has 0 saturated heterocycles. The molecule has 5 atom stereocenters. The van der Waals surface area contributed by atoms with Gasteiger partial charge in [0.05, 0.1) is 11.0 Å². The topological polar surface area (TPSA) is 209 Å². The van der Waals surface area contributed by atoms with Gasteiger partial charge < -0.3 is 31.7 Å². The summed E-state index contributed by atoms with van der Waals surface area (Å²) in [4.78, 5) is 73.1. The lowest BCUT2D eigenvalue weighted by Crippen LogP contribution is -2.57. The van der Waals surface area contributed by atoms with Crippen molar-refractivity contribution in [1.29, 1.82) is 0 Å². The van der Waals surface area contributed by atoms with Gasteiger partial charge in [-0.05, 0) is 43.6 Å². The monoisotopic (exact) mass is 648 g/mol. The van der Waals surface area contributed by atoms with Crippen LogP contribution in [0.3, 0.4) is 0 Å². The lowest BCUT2D eigenvalue weighted by atomic mass is 9.97. The maximum Gasteiger partial charge on any atom is 0.303 e. The Labute approximate surface area is 271 Å². The highest BCUT2D eigenvalue weighted by Crippen LogP contribution is 2.13. The Morgan fingerprint density at radius 3 is 2.09 bits per heavy atom. The second kappa shape index (κ2) is 20.9. The number of hydrogen-bond acceptors (Lipinski definition) is 8. The molecule has 0 aliphatic heterocycles. The Morgan fingerprint density at radius 1 is 0.891 bits per heavy atom. The van der Waals surface area contributed by atoms with E-state index in [1.54, 1.807) is 19.1 Å². The first kappa shape index (κ1) is 40.0. The Morgan fingerprint density at radius 2 is 1.54 bits per heavy atom. The first-order chi connectivity index (χ1) is 21.7. The van der Waals surface area contributed by atoms with Crippen molar-refractivity contribution in [3.05, 3.63) is 39.9 Å². The second-order valence-electron chi connectivity index (χ2n) is 12.1. The third kappa shape index (κ3) is 15.3. The number of hydrogen-bond donors (Lipinski definition) is 6. The number of nitrogens with one attached hydrogen (secondary N) is 5. The molecule has 0 spiro atoms. The third-order valence-electron chi connectivity index (χ3n) is 7.60. The van der Waals surface area contributed by atoms with Gasteiger partial charge in [0.25, 0.3) is 5.69 Å². The van der Waals surface area contributed by atoms with Gasteiger partial charge >= 0.3 is 5.97 Å². The molecule has 0 unspecified atom stereocenters. The van der Waals surface area contributed by atoms with Crippen LogP contribution in [0.5, 0.6) is 0 Å². The van der Waals surface area contributed by atoms with Crippen molar-refractivity contribution in [3.63, 3.8) is 0 Å². The molecular weight excluding hydrogens is 596 g/mol. The van der Waals surface area contributed by atoms with Crippen molar-refractivity contribution in [2.24, 2.45) is 11.8 Å². The fourth-order valence-corrected chi connectivity index (χ4v) is 4.72. The smallest absolute Gasteiger partial charge is 0.303 e. The number of carbonyl (C=O) groups is 5. The number of amides is 4. The van der Waals surface area contributed by atoms with Crippen molar-refractivity contribution in [2.45, 2.75) is 117 Å². The van der Waals surface area contributed by atoms with E-state index in [1.807, 2.05) is 34.6 Å². The van der Waals surface area contributed by atoms with E-state index in [4.69, 9.17) is 5.11 Å². The molecule has 0 heterocycles. The fourth-order valence-electron chi connectivity index (χ4n) is 4.72. The second-order valence-corrected chi connectivity index (χ2v) is 12.1. The predicted molar refractivity (Wildman–Crippen MR) is 174 cm³/mol. The molecular formula is C32H52N6O8. The van der Waals surface area contributed by atoms with Crippen molar-refractivity contribution in [3.8, 4) is 0 Å². The lowest BCUT2D eigenvalue weighted by molar-refractivity contribution is -0.384. The Hall–Kier alpha value is -4.07. The molecule has 0 radical (unpaired) electrons. The molecule has 0 aliphatic carbocycles. The molecule has 0 fully saturated rings. The van der Waals surface area contributed by atoms with E-state index in [9.17, 15) is 34.1 Å². The number of non-ortho nitro benzene ring substituents is 1. The molecule has 14 nitrogen and oxygen atoms in total. The number of carboxylic acid groups (broad SMARTS) is 1. The normalized spacial score (nSPS) is 14.3. The van der Waals surface area contributed by atoms with Crippen molar-refractivity contribution >= 4 is 35.3 Å². The van der Waals surface area contributed by atoms with E-state index >= 15 is 0 Å². The largest absolute Gasteiger partial charge is 0.481 e. The summed E-state index contributed by atoms with van der Waals surface area (Å²) in [5.41, 5.74) is 0.685. The summed E-state index contributed by atoms with van der Waals surface area (Å²) in [6.45, 7) is 11.8. The summed E-state index contributed by atoms with van der Waals surface area (Å²) in [5, 5.41) is 34.2. The van der Waals surface area contributed by atoms with Gasteiger partial charge in [-0.2, -0.15) is 0 Å². The van der Waals surface area contributed by atoms with Crippen molar-refractivity contribution in [2.75, 3.05) is 6.54 Å². The van der Waals surface area contributed by atoms with E-state index in [0.29, 0.717) is 37.8 Å². The molecule has 0 aromatic heterocycles. The van der Waals surface area contributed by atoms with Crippen LogP contribution >= 0.6 is 0 Å². The van der Waals surface area contributed by atoms with Gasteiger partial charge in [-0.1, -0.05) is 59.6 Å². The van der Waals surface area contributed by atoms with Crippen LogP contribution in [0.2, 0.25) is 0 Å². The minimum absolute atomic E-state index is 0.0250. The molecule has 258 valence electrons.